The average Bonchev–Trinajstić information content (AvgIpc) is 3.19. The van der Waals surface area contributed by atoms with E-state index in [0.29, 0.717) is 16.9 Å². The third-order valence-corrected chi connectivity index (χ3v) is 6.42. The fourth-order valence-electron chi connectivity index (χ4n) is 3.52. The van der Waals surface area contributed by atoms with Gasteiger partial charge in [-0.25, -0.2) is 13.1 Å². The van der Waals surface area contributed by atoms with Crippen molar-refractivity contribution in [3.8, 4) is 5.69 Å². The van der Waals surface area contributed by atoms with E-state index in [4.69, 9.17) is 0 Å². The van der Waals surface area contributed by atoms with Crippen molar-refractivity contribution in [2.75, 3.05) is 5.32 Å². The second-order valence-corrected chi connectivity index (χ2v) is 9.57. The van der Waals surface area contributed by atoms with Crippen LogP contribution in [0.4, 0.5) is 5.82 Å². The number of sulfone groups is 1. The van der Waals surface area contributed by atoms with Crippen molar-refractivity contribution in [1.82, 2.24) is 20.1 Å². The maximum atomic E-state index is 12.6. The molecule has 10 heteroatoms. The second-order valence-electron chi connectivity index (χ2n) is 7.51. The van der Waals surface area contributed by atoms with Crippen LogP contribution in [0.25, 0.3) is 5.69 Å². The van der Waals surface area contributed by atoms with Gasteiger partial charge in [0, 0.05) is 24.5 Å². The third-order valence-electron chi connectivity index (χ3n) is 4.98. The molecular weight excluding hydrogens is 418 g/mol. The molecule has 4 rings (SSSR count). The lowest BCUT2D eigenvalue weighted by Crippen LogP contribution is -2.35. The van der Waals surface area contributed by atoms with Gasteiger partial charge < -0.3 is 10.6 Å². The topological polar surface area (TPSA) is 123 Å². The molecule has 2 N–H and O–H groups in total. The van der Waals surface area contributed by atoms with E-state index < -0.39 is 21.7 Å². The number of aromatic nitrogens is 3. The summed E-state index contributed by atoms with van der Waals surface area (Å²) >= 11 is 0. The standard InChI is InChI=1S/C21H21N5O4S/c1-13-5-6-18(14(2)8-13)26-19(16-11-31(29,30)12-17(16)25-26)24-21(28)20(27)23-10-15-4-3-7-22-9-15/h3-9H,10-12H2,1-2H3,(H,23,27)(H,24,28). The molecule has 1 aliphatic heterocycles. The van der Waals surface area contributed by atoms with Crippen LogP contribution >= 0.6 is 0 Å². The van der Waals surface area contributed by atoms with Gasteiger partial charge in [0.05, 0.1) is 22.9 Å². The first-order valence-electron chi connectivity index (χ1n) is 9.60. The summed E-state index contributed by atoms with van der Waals surface area (Å²) in [6, 6.07) is 9.22. The maximum absolute atomic E-state index is 12.6. The number of anilines is 1. The summed E-state index contributed by atoms with van der Waals surface area (Å²) in [7, 11) is -3.34. The molecule has 3 aromatic rings. The smallest absolute Gasteiger partial charge is 0.314 e. The van der Waals surface area contributed by atoms with Gasteiger partial charge in [-0.3, -0.25) is 14.6 Å². The number of rotatable bonds is 4. The first-order chi connectivity index (χ1) is 14.7. The Labute approximate surface area is 179 Å². The summed E-state index contributed by atoms with van der Waals surface area (Å²) < 4.78 is 25.7. The fourth-order valence-corrected chi connectivity index (χ4v) is 5.01. The van der Waals surface area contributed by atoms with Crippen molar-refractivity contribution >= 4 is 27.5 Å². The zero-order valence-corrected chi connectivity index (χ0v) is 17.9. The van der Waals surface area contributed by atoms with Crippen LogP contribution < -0.4 is 10.6 Å². The Balaban J connectivity index is 1.62. The highest BCUT2D eigenvalue weighted by molar-refractivity contribution is 7.90. The van der Waals surface area contributed by atoms with Gasteiger partial charge in [0.2, 0.25) is 0 Å². The van der Waals surface area contributed by atoms with Crippen LogP contribution in [0.2, 0.25) is 0 Å². The molecule has 0 bridgehead atoms. The SMILES string of the molecule is Cc1ccc(-n2nc3c(c2NC(=O)C(=O)NCc2cccnc2)CS(=O)(=O)C3)c(C)c1. The number of nitrogens with zero attached hydrogens (tertiary/aromatic N) is 3. The largest absolute Gasteiger partial charge is 0.344 e. The van der Waals surface area contributed by atoms with E-state index in [1.165, 1.54) is 4.68 Å². The number of amides is 2. The van der Waals surface area contributed by atoms with E-state index in [9.17, 15) is 18.0 Å². The van der Waals surface area contributed by atoms with Crippen molar-refractivity contribution in [3.05, 3.63) is 70.7 Å². The first kappa shape index (κ1) is 20.7. The van der Waals surface area contributed by atoms with Crippen molar-refractivity contribution in [2.45, 2.75) is 31.9 Å². The molecule has 0 radical (unpaired) electrons. The number of carbonyl (C=O) groups excluding carboxylic acids is 2. The van der Waals surface area contributed by atoms with Crippen LogP contribution in [0, 0.1) is 13.8 Å². The van der Waals surface area contributed by atoms with E-state index in [1.54, 1.807) is 24.5 Å². The predicted molar refractivity (Wildman–Crippen MR) is 114 cm³/mol. The van der Waals surface area contributed by atoms with Gasteiger partial charge in [-0.15, -0.1) is 0 Å². The molecule has 0 unspecified atom stereocenters. The van der Waals surface area contributed by atoms with Gasteiger partial charge in [0.25, 0.3) is 0 Å². The molecule has 0 saturated heterocycles. The Kier molecular flexibility index (Phi) is 5.32. The maximum Gasteiger partial charge on any atom is 0.314 e. The van der Waals surface area contributed by atoms with Gasteiger partial charge in [0.1, 0.15) is 5.82 Å². The van der Waals surface area contributed by atoms with E-state index in [0.717, 1.165) is 16.7 Å². The quantitative estimate of drug-likeness (QED) is 0.595. The molecule has 9 nitrogen and oxygen atoms in total. The lowest BCUT2D eigenvalue weighted by molar-refractivity contribution is -0.136. The lowest BCUT2D eigenvalue weighted by atomic mass is 10.1. The molecule has 160 valence electrons. The molecule has 0 spiro atoms. The molecule has 3 heterocycles. The molecule has 2 amide bonds. The molecule has 0 atom stereocenters. The zero-order chi connectivity index (χ0) is 22.2. The van der Waals surface area contributed by atoms with Crippen LogP contribution in [-0.4, -0.2) is 35.0 Å². The molecule has 0 aliphatic carbocycles. The van der Waals surface area contributed by atoms with E-state index in [2.05, 4.69) is 20.7 Å². The lowest BCUT2D eigenvalue weighted by Gasteiger charge is -2.13. The number of aryl methyl sites for hydroxylation is 2. The molecule has 1 aromatic carbocycles. The van der Waals surface area contributed by atoms with Crippen molar-refractivity contribution in [3.63, 3.8) is 0 Å². The van der Waals surface area contributed by atoms with Crippen LogP contribution in [0.3, 0.4) is 0 Å². The van der Waals surface area contributed by atoms with Gasteiger partial charge in [0.15, 0.2) is 9.84 Å². The van der Waals surface area contributed by atoms with Crippen molar-refractivity contribution in [2.24, 2.45) is 0 Å². The minimum Gasteiger partial charge on any atom is -0.344 e. The highest BCUT2D eigenvalue weighted by Gasteiger charge is 2.34. The first-order valence-corrected chi connectivity index (χ1v) is 11.4. The molecule has 0 saturated carbocycles. The Hall–Kier alpha value is -3.53. The molecular formula is C21H21N5O4S. The third kappa shape index (κ3) is 4.33. The predicted octanol–water partition coefficient (Wildman–Crippen LogP) is 1.57. The van der Waals surface area contributed by atoms with Gasteiger partial charge in [-0.1, -0.05) is 23.8 Å². The number of carbonyl (C=O) groups is 2. The Morgan fingerprint density at radius 1 is 1.13 bits per heavy atom. The van der Waals surface area contributed by atoms with Crippen LogP contribution in [-0.2, 0) is 37.5 Å². The summed E-state index contributed by atoms with van der Waals surface area (Å²) in [5, 5.41) is 9.54. The molecule has 2 aromatic heterocycles. The highest BCUT2D eigenvalue weighted by Crippen LogP contribution is 2.33. The Morgan fingerprint density at radius 2 is 1.94 bits per heavy atom. The second kappa shape index (κ2) is 7.95. The van der Waals surface area contributed by atoms with Gasteiger partial charge in [-0.05, 0) is 37.1 Å². The minimum atomic E-state index is -3.34. The Bertz CT molecular complexity index is 1280. The number of benzene rings is 1. The van der Waals surface area contributed by atoms with Crippen LogP contribution in [0.1, 0.15) is 27.9 Å². The van der Waals surface area contributed by atoms with Crippen molar-refractivity contribution < 1.29 is 18.0 Å². The van der Waals surface area contributed by atoms with Gasteiger partial charge >= 0.3 is 11.8 Å². The summed E-state index contributed by atoms with van der Waals surface area (Å²) in [5.41, 5.74) is 4.20. The number of hydrogen-bond donors (Lipinski definition) is 2. The monoisotopic (exact) mass is 439 g/mol. The normalized spacial score (nSPS) is 14.1. The summed E-state index contributed by atoms with van der Waals surface area (Å²) in [6.45, 7) is 4.00. The Morgan fingerprint density at radius 3 is 2.65 bits per heavy atom. The van der Waals surface area contributed by atoms with E-state index in [1.807, 2.05) is 32.0 Å². The van der Waals surface area contributed by atoms with E-state index >= 15 is 0 Å². The highest BCUT2D eigenvalue weighted by atomic mass is 32.2. The van der Waals surface area contributed by atoms with Crippen LogP contribution in [0.5, 0.6) is 0 Å². The summed E-state index contributed by atoms with van der Waals surface area (Å²) in [5.74, 6) is -1.98. The average molecular weight is 439 g/mol. The zero-order valence-electron chi connectivity index (χ0n) is 17.0. The molecule has 1 aliphatic rings. The number of fused-ring (bicyclic) bond motifs is 1. The summed E-state index contributed by atoms with van der Waals surface area (Å²) in [4.78, 5) is 28.9. The summed E-state index contributed by atoms with van der Waals surface area (Å²) in [6.07, 6.45) is 3.20. The minimum absolute atomic E-state index is 0.142. The number of hydrogen-bond acceptors (Lipinski definition) is 6. The number of nitrogens with one attached hydrogen (secondary N) is 2. The van der Waals surface area contributed by atoms with Crippen LogP contribution in [0.15, 0.2) is 42.7 Å². The number of pyridine rings is 1. The van der Waals surface area contributed by atoms with E-state index in [-0.39, 0.29) is 23.9 Å². The fraction of sp³-hybridized carbons (Fsp3) is 0.238. The van der Waals surface area contributed by atoms with Gasteiger partial charge in [-0.2, -0.15) is 5.10 Å². The molecule has 0 fully saturated rings. The molecule has 31 heavy (non-hydrogen) atoms. The van der Waals surface area contributed by atoms with Crippen molar-refractivity contribution in [1.29, 1.82) is 0 Å².